The largest absolute Gasteiger partial charge is 0.530 e. The van der Waals surface area contributed by atoms with Crippen molar-refractivity contribution in [1.29, 1.82) is 0 Å². The number of phosphoric ester groups is 1. The van der Waals surface area contributed by atoms with Crippen LogP contribution in [0, 0.1) is 0 Å². The first-order valence-electron chi connectivity index (χ1n) is 13.8. The van der Waals surface area contributed by atoms with Crippen LogP contribution in [0.4, 0.5) is 32.0 Å². The van der Waals surface area contributed by atoms with Crippen LogP contribution in [0.3, 0.4) is 0 Å². The van der Waals surface area contributed by atoms with Crippen LogP contribution in [-0.2, 0) is 44.6 Å². The number of carbonyl (C=O) groups excluding carboxylic acids is 1. The van der Waals surface area contributed by atoms with E-state index in [1.165, 1.54) is 12.1 Å². The lowest BCUT2D eigenvalue weighted by Crippen LogP contribution is -2.18. The Morgan fingerprint density at radius 1 is 0.674 bits per heavy atom. The minimum Gasteiger partial charge on any atom is -0.403 e. The molecule has 0 unspecified atom stereocenters. The van der Waals surface area contributed by atoms with E-state index in [0.29, 0.717) is 28.8 Å². The van der Waals surface area contributed by atoms with Gasteiger partial charge in [0.05, 0.1) is 29.9 Å². The molecular weight excluding hydrogens is 635 g/mol. The van der Waals surface area contributed by atoms with Gasteiger partial charge in [0.15, 0.2) is 0 Å². The summed E-state index contributed by atoms with van der Waals surface area (Å²) in [5.74, 6) is -1.45. The highest BCUT2D eigenvalue weighted by atomic mass is 31.2. The molecule has 6 nitrogen and oxygen atoms in total. The Hall–Kier alpha value is -4.12. The third kappa shape index (κ3) is 9.45. The molecule has 0 aliphatic carbocycles. The summed E-state index contributed by atoms with van der Waals surface area (Å²) in [5.41, 5.74) is -3.04. The van der Waals surface area contributed by atoms with Crippen molar-refractivity contribution < 1.29 is 49.3 Å². The fraction of sp³-hybridized carbons (Fsp3) is 0.242. The number of nitrogens with one attached hydrogen (secondary N) is 1. The zero-order valence-corrected chi connectivity index (χ0v) is 25.8. The van der Waals surface area contributed by atoms with E-state index in [1.54, 1.807) is 66.7 Å². The van der Waals surface area contributed by atoms with Gasteiger partial charge < -0.3 is 9.84 Å². The van der Waals surface area contributed by atoms with Gasteiger partial charge in [-0.3, -0.25) is 13.8 Å². The maximum Gasteiger partial charge on any atom is 0.530 e. The topological polar surface area (TPSA) is 73.9 Å². The summed E-state index contributed by atoms with van der Waals surface area (Å²) >= 11 is 0. The summed E-state index contributed by atoms with van der Waals surface area (Å²) in [7, 11) is -4.51. The number of halogens is 6. The SMILES string of the molecule is CC(C)(C)c1ccc(OP(=O)(OCc2ccccc2)OCc2ccccc2)c(C(=O)Nc2cc(C(F)(F)F)cc(C(F)(F)F)c2)c1. The molecule has 0 fully saturated rings. The van der Waals surface area contributed by atoms with E-state index in [4.69, 9.17) is 13.6 Å². The first kappa shape index (κ1) is 34.7. The fourth-order valence-electron chi connectivity index (χ4n) is 4.15. The molecule has 0 radical (unpaired) electrons. The van der Waals surface area contributed by atoms with Gasteiger partial charge >= 0.3 is 20.2 Å². The van der Waals surface area contributed by atoms with Crippen molar-refractivity contribution in [2.75, 3.05) is 5.32 Å². The van der Waals surface area contributed by atoms with Gasteiger partial charge in [0.25, 0.3) is 5.91 Å². The molecule has 0 spiro atoms. The van der Waals surface area contributed by atoms with Crippen LogP contribution in [0.25, 0.3) is 0 Å². The molecule has 0 aliphatic heterocycles. The molecule has 0 heterocycles. The second-order valence-electron chi connectivity index (χ2n) is 11.3. The van der Waals surface area contributed by atoms with Gasteiger partial charge in [-0.1, -0.05) is 87.5 Å². The van der Waals surface area contributed by atoms with Crippen LogP contribution in [-0.4, -0.2) is 5.91 Å². The van der Waals surface area contributed by atoms with Crippen molar-refractivity contribution in [3.8, 4) is 5.75 Å². The van der Waals surface area contributed by atoms with Crippen LogP contribution >= 0.6 is 7.82 Å². The Kier molecular flexibility index (Phi) is 10.4. The Morgan fingerprint density at radius 2 is 1.15 bits per heavy atom. The molecule has 244 valence electrons. The van der Waals surface area contributed by atoms with Gasteiger partial charge in [0.1, 0.15) is 5.75 Å². The molecule has 4 aromatic rings. The van der Waals surface area contributed by atoms with E-state index < -0.39 is 48.3 Å². The van der Waals surface area contributed by atoms with Crippen LogP contribution < -0.4 is 9.84 Å². The Bertz CT molecular complexity index is 1620. The highest BCUT2D eigenvalue weighted by Crippen LogP contribution is 2.52. The maximum absolute atomic E-state index is 14.0. The average Bonchev–Trinajstić information content (AvgIpc) is 2.99. The molecule has 46 heavy (non-hydrogen) atoms. The minimum atomic E-state index is -5.13. The molecule has 1 N–H and O–H groups in total. The van der Waals surface area contributed by atoms with Gasteiger partial charge in [0.2, 0.25) is 0 Å². The number of hydrogen-bond acceptors (Lipinski definition) is 5. The van der Waals surface area contributed by atoms with Crippen LogP contribution in [0.15, 0.2) is 97.1 Å². The molecule has 0 saturated heterocycles. The van der Waals surface area contributed by atoms with E-state index in [9.17, 15) is 35.7 Å². The first-order valence-corrected chi connectivity index (χ1v) is 15.3. The molecule has 4 rings (SSSR count). The van der Waals surface area contributed by atoms with E-state index in [0.717, 1.165) is 0 Å². The van der Waals surface area contributed by atoms with Gasteiger partial charge in [-0.25, -0.2) is 4.57 Å². The molecule has 0 bridgehead atoms. The lowest BCUT2D eigenvalue weighted by Gasteiger charge is -2.23. The molecular formula is C33H30F6NO5P. The number of alkyl halides is 6. The summed E-state index contributed by atoms with van der Waals surface area (Å²) in [4.78, 5) is 13.6. The van der Waals surface area contributed by atoms with Crippen molar-refractivity contribution in [3.05, 3.63) is 130 Å². The van der Waals surface area contributed by atoms with Gasteiger partial charge in [-0.2, -0.15) is 26.3 Å². The van der Waals surface area contributed by atoms with Crippen LogP contribution in [0.2, 0.25) is 0 Å². The number of anilines is 1. The van der Waals surface area contributed by atoms with Gasteiger partial charge in [0, 0.05) is 5.69 Å². The lowest BCUT2D eigenvalue weighted by atomic mass is 9.86. The third-order valence-corrected chi connectivity index (χ3v) is 7.92. The summed E-state index contributed by atoms with van der Waals surface area (Å²) in [5, 5.41) is 2.11. The average molecular weight is 666 g/mol. The number of phosphoric acid groups is 1. The van der Waals surface area contributed by atoms with Crippen molar-refractivity contribution >= 4 is 19.4 Å². The Labute approximate surface area is 261 Å². The molecule has 0 atom stereocenters. The molecule has 0 saturated carbocycles. The number of benzene rings is 4. The number of rotatable bonds is 10. The molecule has 4 aromatic carbocycles. The maximum atomic E-state index is 14.0. The molecule has 0 aliphatic rings. The van der Waals surface area contributed by atoms with Gasteiger partial charge in [-0.05, 0) is 52.4 Å². The predicted octanol–water partition coefficient (Wildman–Crippen LogP) is 10.2. The van der Waals surface area contributed by atoms with Gasteiger partial charge in [-0.15, -0.1) is 0 Å². The zero-order chi connectivity index (χ0) is 33.8. The Morgan fingerprint density at radius 3 is 1.59 bits per heavy atom. The van der Waals surface area contributed by atoms with E-state index in [2.05, 4.69) is 5.32 Å². The second-order valence-corrected chi connectivity index (χ2v) is 12.9. The van der Waals surface area contributed by atoms with Crippen LogP contribution in [0.5, 0.6) is 5.75 Å². The van der Waals surface area contributed by atoms with Crippen molar-refractivity contribution in [3.63, 3.8) is 0 Å². The second kappa shape index (κ2) is 13.7. The summed E-state index contributed by atoms with van der Waals surface area (Å²) in [6, 6.07) is 22.3. The molecule has 1 amide bonds. The molecule has 13 heteroatoms. The predicted molar refractivity (Wildman–Crippen MR) is 160 cm³/mol. The first-order chi connectivity index (χ1) is 21.4. The molecule has 0 aromatic heterocycles. The lowest BCUT2D eigenvalue weighted by molar-refractivity contribution is -0.143. The van der Waals surface area contributed by atoms with Crippen molar-refractivity contribution in [2.24, 2.45) is 0 Å². The van der Waals surface area contributed by atoms with E-state index in [1.807, 2.05) is 20.8 Å². The highest BCUT2D eigenvalue weighted by molar-refractivity contribution is 7.48. The van der Waals surface area contributed by atoms with E-state index >= 15 is 0 Å². The monoisotopic (exact) mass is 665 g/mol. The Balaban J connectivity index is 1.72. The highest BCUT2D eigenvalue weighted by Gasteiger charge is 2.37. The standard InChI is InChI=1S/C33H30F6NO5P/c1-31(2,3)24-14-15-29(28(19-24)30(41)40-27-17-25(32(34,35)36)16-26(18-27)33(37,38)39)45-46(42,43-20-22-10-6-4-7-11-22)44-21-23-12-8-5-9-13-23/h4-19H,20-21H2,1-3H3,(H,40,41). The summed E-state index contributed by atoms with van der Waals surface area (Å²) in [6.07, 6.45) is -10.3. The normalized spacial score (nSPS) is 12.5. The fourth-order valence-corrected chi connectivity index (χ4v) is 5.34. The zero-order valence-electron chi connectivity index (χ0n) is 24.9. The van der Waals surface area contributed by atoms with E-state index in [-0.39, 0.29) is 30.6 Å². The minimum absolute atomic E-state index is 0.0468. The summed E-state index contributed by atoms with van der Waals surface area (Å²) in [6.45, 7) is 5.05. The number of amides is 1. The van der Waals surface area contributed by atoms with Crippen molar-refractivity contribution in [1.82, 2.24) is 0 Å². The quantitative estimate of drug-likeness (QED) is 0.135. The third-order valence-electron chi connectivity index (χ3n) is 6.61. The smallest absolute Gasteiger partial charge is 0.403 e. The number of hydrogen-bond donors (Lipinski definition) is 1. The number of carbonyl (C=O) groups is 1. The van der Waals surface area contributed by atoms with Crippen molar-refractivity contribution in [2.45, 2.75) is 51.8 Å². The summed E-state index contributed by atoms with van der Waals surface area (Å²) < 4.78 is 112. The van der Waals surface area contributed by atoms with Crippen LogP contribution in [0.1, 0.15) is 58.9 Å².